The Morgan fingerprint density at radius 1 is 1.32 bits per heavy atom. The number of carbonyl (C=O) groups excluding carboxylic acids is 2. The van der Waals surface area contributed by atoms with Crippen LogP contribution in [0.2, 0.25) is 0 Å². The van der Waals surface area contributed by atoms with Gasteiger partial charge in [-0.15, -0.1) is 0 Å². The highest BCUT2D eigenvalue weighted by Crippen LogP contribution is 2.12. The number of morpholine rings is 1. The summed E-state index contributed by atoms with van der Waals surface area (Å²) in [5.41, 5.74) is 0.723. The second kappa shape index (κ2) is 11.1. The Balaban J connectivity index is 1.59. The first-order valence-electron chi connectivity index (χ1n) is 9.89. The summed E-state index contributed by atoms with van der Waals surface area (Å²) in [6, 6.07) is 6.12. The van der Waals surface area contributed by atoms with E-state index in [4.69, 9.17) is 9.47 Å². The highest BCUT2D eigenvalue weighted by Gasteiger charge is 2.21. The minimum Gasteiger partial charge on any atom is -0.455 e. The number of ether oxygens (including phenoxy) is 2. The third kappa shape index (κ3) is 7.94. The van der Waals surface area contributed by atoms with Crippen molar-refractivity contribution in [1.82, 2.24) is 10.2 Å². The Kier molecular flexibility index (Phi) is 8.86. The molecule has 1 fully saturated rings. The fourth-order valence-corrected chi connectivity index (χ4v) is 3.43. The average molecular weight is 394 g/mol. The summed E-state index contributed by atoms with van der Waals surface area (Å²) in [5.74, 6) is -1.55. The summed E-state index contributed by atoms with van der Waals surface area (Å²) < 4.78 is 24.0. The molecule has 28 heavy (non-hydrogen) atoms. The lowest BCUT2D eigenvalue weighted by Crippen LogP contribution is -2.46. The molecule has 0 aromatic heterocycles. The Labute approximate surface area is 166 Å². The summed E-state index contributed by atoms with van der Waals surface area (Å²) in [7, 11) is 0. The minimum absolute atomic E-state index is 0.229. The van der Waals surface area contributed by atoms with Gasteiger partial charge in [0, 0.05) is 26.2 Å². The van der Waals surface area contributed by atoms with Crippen LogP contribution in [-0.2, 0) is 25.5 Å². The molecule has 1 aliphatic heterocycles. The number of amides is 1. The molecule has 0 bridgehead atoms. The van der Waals surface area contributed by atoms with Gasteiger partial charge in [0.2, 0.25) is 0 Å². The van der Waals surface area contributed by atoms with Crippen LogP contribution in [0.3, 0.4) is 0 Å². The molecule has 3 atom stereocenters. The topological polar surface area (TPSA) is 67.9 Å². The summed E-state index contributed by atoms with van der Waals surface area (Å²) in [6.07, 6.45) is 1.66. The van der Waals surface area contributed by atoms with E-state index in [0.29, 0.717) is 13.0 Å². The van der Waals surface area contributed by atoms with E-state index in [1.54, 1.807) is 19.1 Å². The fourth-order valence-electron chi connectivity index (χ4n) is 3.43. The van der Waals surface area contributed by atoms with Gasteiger partial charge in [0.05, 0.1) is 18.1 Å². The second-order valence-electron chi connectivity index (χ2n) is 7.56. The van der Waals surface area contributed by atoms with E-state index < -0.39 is 11.9 Å². The van der Waals surface area contributed by atoms with Gasteiger partial charge in [-0.3, -0.25) is 14.5 Å². The fraction of sp³-hybridized carbons (Fsp3) is 0.619. The smallest absolute Gasteiger partial charge is 0.309 e. The van der Waals surface area contributed by atoms with Gasteiger partial charge >= 0.3 is 5.97 Å². The maximum Gasteiger partial charge on any atom is 0.309 e. The van der Waals surface area contributed by atoms with Crippen LogP contribution in [-0.4, -0.2) is 61.8 Å². The molecule has 0 radical (unpaired) electrons. The molecule has 1 saturated heterocycles. The van der Waals surface area contributed by atoms with Crippen LogP contribution >= 0.6 is 0 Å². The van der Waals surface area contributed by atoms with E-state index in [-0.39, 0.29) is 30.5 Å². The maximum atomic E-state index is 13.2. The van der Waals surface area contributed by atoms with E-state index in [1.807, 2.05) is 0 Å². The van der Waals surface area contributed by atoms with Gasteiger partial charge in [-0.1, -0.05) is 19.1 Å². The van der Waals surface area contributed by atoms with Crippen molar-refractivity contribution in [2.45, 2.75) is 45.8 Å². The molecule has 2 rings (SSSR count). The van der Waals surface area contributed by atoms with Crippen molar-refractivity contribution in [3.05, 3.63) is 35.6 Å². The second-order valence-corrected chi connectivity index (χ2v) is 7.56. The first-order chi connectivity index (χ1) is 13.3. The van der Waals surface area contributed by atoms with Crippen LogP contribution < -0.4 is 5.32 Å². The number of benzene rings is 1. The molecular weight excluding hydrogens is 363 g/mol. The molecule has 1 aromatic carbocycles. The molecule has 156 valence electrons. The van der Waals surface area contributed by atoms with Gasteiger partial charge in [-0.05, 0) is 44.4 Å². The van der Waals surface area contributed by atoms with Crippen molar-refractivity contribution in [1.29, 1.82) is 0 Å². The summed E-state index contributed by atoms with van der Waals surface area (Å²) in [4.78, 5) is 26.2. The van der Waals surface area contributed by atoms with Crippen LogP contribution in [0.5, 0.6) is 0 Å². The quantitative estimate of drug-likeness (QED) is 0.514. The first kappa shape index (κ1) is 22.3. The lowest BCUT2D eigenvalue weighted by molar-refractivity contribution is -0.152. The van der Waals surface area contributed by atoms with Gasteiger partial charge in [-0.25, -0.2) is 4.39 Å². The number of hydrogen-bond acceptors (Lipinski definition) is 5. The third-order valence-corrected chi connectivity index (χ3v) is 4.65. The van der Waals surface area contributed by atoms with Gasteiger partial charge in [0.1, 0.15) is 5.82 Å². The number of nitrogens with zero attached hydrogens (tertiary/aromatic N) is 1. The van der Waals surface area contributed by atoms with E-state index in [1.165, 1.54) is 12.1 Å². The monoisotopic (exact) mass is 394 g/mol. The predicted molar refractivity (Wildman–Crippen MR) is 104 cm³/mol. The van der Waals surface area contributed by atoms with Gasteiger partial charge < -0.3 is 14.8 Å². The van der Waals surface area contributed by atoms with Crippen molar-refractivity contribution in [2.75, 3.05) is 32.8 Å². The SMILES string of the molecule is CC1CN(CCCNC(=O)COC(=O)C(C)Cc2cccc(F)c2)CC(C)O1. The lowest BCUT2D eigenvalue weighted by Gasteiger charge is -2.35. The molecule has 1 aliphatic rings. The number of halogens is 1. The zero-order valence-electron chi connectivity index (χ0n) is 16.9. The van der Waals surface area contributed by atoms with Gasteiger partial charge in [0.15, 0.2) is 6.61 Å². The van der Waals surface area contributed by atoms with Crippen molar-refractivity contribution in [3.63, 3.8) is 0 Å². The number of rotatable bonds is 9. The van der Waals surface area contributed by atoms with Crippen LogP contribution in [0.15, 0.2) is 24.3 Å². The molecule has 0 spiro atoms. The first-order valence-corrected chi connectivity index (χ1v) is 9.89. The molecule has 0 aliphatic carbocycles. The summed E-state index contributed by atoms with van der Waals surface area (Å²) in [6.45, 7) is 8.77. The van der Waals surface area contributed by atoms with Crippen LogP contribution in [0, 0.1) is 11.7 Å². The number of nitrogens with one attached hydrogen (secondary N) is 1. The van der Waals surface area contributed by atoms with Crippen LogP contribution in [0.25, 0.3) is 0 Å². The van der Waals surface area contributed by atoms with E-state index in [2.05, 4.69) is 24.1 Å². The maximum absolute atomic E-state index is 13.2. The zero-order valence-corrected chi connectivity index (χ0v) is 16.9. The third-order valence-electron chi connectivity index (χ3n) is 4.65. The van der Waals surface area contributed by atoms with Crippen LogP contribution in [0.1, 0.15) is 32.8 Å². The van der Waals surface area contributed by atoms with E-state index in [9.17, 15) is 14.0 Å². The largest absolute Gasteiger partial charge is 0.455 e. The number of carbonyl (C=O) groups is 2. The molecule has 0 saturated carbocycles. The lowest BCUT2D eigenvalue weighted by atomic mass is 10.0. The minimum atomic E-state index is -0.462. The van der Waals surface area contributed by atoms with E-state index in [0.717, 1.165) is 31.6 Å². The summed E-state index contributed by atoms with van der Waals surface area (Å²) in [5, 5.41) is 2.77. The number of hydrogen-bond donors (Lipinski definition) is 1. The molecule has 3 unspecified atom stereocenters. The highest BCUT2D eigenvalue weighted by atomic mass is 19.1. The Hall–Kier alpha value is -1.99. The number of esters is 1. The summed E-state index contributed by atoms with van der Waals surface area (Å²) >= 11 is 0. The molecule has 1 heterocycles. The van der Waals surface area contributed by atoms with Gasteiger partial charge in [0.25, 0.3) is 5.91 Å². The van der Waals surface area contributed by atoms with Crippen molar-refractivity contribution in [2.24, 2.45) is 5.92 Å². The predicted octanol–water partition coefficient (Wildman–Crippen LogP) is 2.16. The molecule has 1 N–H and O–H groups in total. The van der Waals surface area contributed by atoms with Crippen molar-refractivity contribution >= 4 is 11.9 Å². The molecular formula is C21H31FN2O4. The Morgan fingerprint density at radius 3 is 2.71 bits per heavy atom. The average Bonchev–Trinajstić information content (AvgIpc) is 2.62. The van der Waals surface area contributed by atoms with Gasteiger partial charge in [-0.2, -0.15) is 0 Å². The zero-order chi connectivity index (χ0) is 20.5. The molecule has 1 amide bonds. The van der Waals surface area contributed by atoms with E-state index >= 15 is 0 Å². The molecule has 7 heteroatoms. The molecule has 6 nitrogen and oxygen atoms in total. The highest BCUT2D eigenvalue weighted by molar-refractivity contribution is 5.81. The normalized spacial score (nSPS) is 21.1. The van der Waals surface area contributed by atoms with Crippen molar-refractivity contribution < 1.29 is 23.5 Å². The molecule has 1 aromatic rings. The van der Waals surface area contributed by atoms with Crippen molar-refractivity contribution in [3.8, 4) is 0 Å². The Bertz CT molecular complexity index is 645. The standard InChI is InChI=1S/C21H31FN2O4/c1-15(10-18-6-4-7-19(22)11-18)21(26)27-14-20(25)23-8-5-9-24-12-16(2)28-17(3)13-24/h4,6-7,11,15-17H,5,8-10,12-14H2,1-3H3,(H,23,25). The Morgan fingerprint density at radius 2 is 2.04 bits per heavy atom. The van der Waals surface area contributed by atoms with Crippen LogP contribution in [0.4, 0.5) is 4.39 Å².